The maximum Gasteiger partial charge on any atom is 1.00 e. The summed E-state index contributed by atoms with van der Waals surface area (Å²) in [5.74, 6) is 0.115. The smallest absolute Gasteiger partial charge is 0.616 e. The van der Waals surface area contributed by atoms with Gasteiger partial charge in [0.15, 0.2) is 17.9 Å². The molecule has 5 aliphatic rings. The molecule has 0 aromatic heterocycles. The maximum atomic E-state index is 6.85. The van der Waals surface area contributed by atoms with Crippen molar-refractivity contribution in [1.82, 2.24) is 0 Å². The minimum absolute atomic E-state index is 0. The molecular weight excluding hydrogens is 386 g/mol. The quantitative estimate of drug-likeness (QED) is 0.622. The first-order valence-electron chi connectivity index (χ1n) is 10.8. The SMILES string of the molecule is CC1(C)O[C@H]2OC([C@H]3COC(C)(C)O3)[C@H](O[B-]3C4CCCC3CCC4)[C@H]2O1.[K+]. The first-order chi connectivity index (χ1) is 12.8. The van der Waals surface area contributed by atoms with E-state index in [1.807, 2.05) is 27.7 Å². The van der Waals surface area contributed by atoms with Gasteiger partial charge in [0.1, 0.15) is 18.3 Å². The molecule has 0 amide bonds. The van der Waals surface area contributed by atoms with E-state index in [-0.39, 0.29) is 75.8 Å². The molecule has 1 unspecified atom stereocenters. The number of fused-ring (bicyclic) bond motifs is 3. The maximum absolute atomic E-state index is 6.85. The molecule has 153 valence electrons. The van der Waals surface area contributed by atoms with Gasteiger partial charge >= 0.3 is 51.4 Å². The molecule has 5 atom stereocenters. The molecule has 8 heteroatoms. The van der Waals surface area contributed by atoms with Gasteiger partial charge < -0.3 is 28.3 Å². The van der Waals surface area contributed by atoms with Gasteiger partial charge in [0.05, 0.1) is 12.7 Å². The Morgan fingerprint density at radius 1 is 0.821 bits per heavy atom. The van der Waals surface area contributed by atoms with Gasteiger partial charge in [-0.3, -0.25) is 0 Å². The molecule has 0 N–H and O–H groups in total. The zero-order chi connectivity index (χ0) is 18.8. The van der Waals surface area contributed by atoms with Crippen LogP contribution < -0.4 is 51.4 Å². The van der Waals surface area contributed by atoms with E-state index in [1.165, 1.54) is 38.5 Å². The van der Waals surface area contributed by atoms with Crippen molar-refractivity contribution in [2.75, 3.05) is 6.61 Å². The van der Waals surface area contributed by atoms with Gasteiger partial charge in [-0.2, -0.15) is 11.6 Å². The molecule has 5 aliphatic heterocycles. The van der Waals surface area contributed by atoms with Gasteiger partial charge in [0.2, 0.25) is 0 Å². The van der Waals surface area contributed by atoms with Crippen molar-refractivity contribution in [3.8, 4) is 0 Å². The Morgan fingerprint density at radius 2 is 1.46 bits per heavy atom. The average Bonchev–Trinajstić information content (AvgIpc) is 3.18. The summed E-state index contributed by atoms with van der Waals surface area (Å²) in [4.78, 5) is 0. The second-order valence-electron chi connectivity index (χ2n) is 9.88. The van der Waals surface area contributed by atoms with Crippen molar-refractivity contribution in [2.45, 2.75) is 120 Å². The summed E-state index contributed by atoms with van der Waals surface area (Å²) >= 11 is 0. The summed E-state index contributed by atoms with van der Waals surface area (Å²) in [5.41, 5.74) is 0. The average molecular weight is 419 g/mol. The summed E-state index contributed by atoms with van der Waals surface area (Å²) < 4.78 is 37.3. The van der Waals surface area contributed by atoms with E-state index in [4.69, 9.17) is 28.3 Å². The van der Waals surface area contributed by atoms with Gasteiger partial charge in [-0.25, -0.2) is 0 Å². The monoisotopic (exact) mass is 419 g/mol. The third-order valence-corrected chi connectivity index (χ3v) is 6.97. The van der Waals surface area contributed by atoms with Gasteiger partial charge in [-0.15, -0.1) is 0 Å². The van der Waals surface area contributed by atoms with Crippen LogP contribution in [-0.4, -0.2) is 55.8 Å². The van der Waals surface area contributed by atoms with Crippen molar-refractivity contribution in [2.24, 2.45) is 0 Å². The minimum Gasteiger partial charge on any atom is -0.616 e. The fourth-order valence-corrected chi connectivity index (χ4v) is 5.85. The van der Waals surface area contributed by atoms with Gasteiger partial charge in [-0.1, -0.05) is 38.5 Å². The molecule has 1 radical (unpaired) electrons. The topological polar surface area (TPSA) is 55.4 Å². The van der Waals surface area contributed by atoms with E-state index in [0.29, 0.717) is 25.2 Å². The van der Waals surface area contributed by atoms with Crippen LogP contribution in [0.25, 0.3) is 0 Å². The van der Waals surface area contributed by atoms with Crippen LogP contribution in [-0.2, 0) is 28.3 Å². The zero-order valence-electron chi connectivity index (χ0n) is 18.0. The molecular formula is C20H33BKO6. The normalized spacial score (nSPS) is 46.9. The third kappa shape index (κ3) is 4.35. The van der Waals surface area contributed by atoms with E-state index < -0.39 is 17.9 Å². The summed E-state index contributed by atoms with van der Waals surface area (Å²) in [7, 11) is 0. The van der Waals surface area contributed by atoms with Gasteiger partial charge in [-0.05, 0) is 27.7 Å². The Hall–Kier alpha value is 1.46. The second-order valence-corrected chi connectivity index (χ2v) is 9.88. The van der Waals surface area contributed by atoms with E-state index in [9.17, 15) is 0 Å². The van der Waals surface area contributed by atoms with E-state index in [0.717, 1.165) is 0 Å². The molecule has 28 heavy (non-hydrogen) atoms. The molecule has 0 aromatic carbocycles. The summed E-state index contributed by atoms with van der Waals surface area (Å²) in [6, 6.07) is 0. The van der Waals surface area contributed by atoms with Crippen LogP contribution in [0.2, 0.25) is 11.6 Å². The summed E-state index contributed by atoms with van der Waals surface area (Å²) in [6.07, 6.45) is 6.65. The predicted molar refractivity (Wildman–Crippen MR) is 99.4 cm³/mol. The van der Waals surface area contributed by atoms with Gasteiger partial charge in [0, 0.05) is 6.92 Å². The number of ether oxygens (including phenoxy) is 5. The first-order valence-corrected chi connectivity index (χ1v) is 10.8. The van der Waals surface area contributed by atoms with Crippen LogP contribution in [0.3, 0.4) is 0 Å². The molecule has 5 rings (SSSR count). The Morgan fingerprint density at radius 3 is 2.04 bits per heavy atom. The Balaban J connectivity index is 0.00000192. The standard InChI is InChI=1S/C20H33BO6.K/c1-19(2)22-11-14(24-19)15-16(17-18(23-15)26-20(3,4)25-17)27-21-12-7-5-8-13(21)10-6-9-12;/h12-18H,5-11H2,1-4H3;/q-1;+1/t12?,13?,14-,15?,16+,17-,18-;/m1./s1. The van der Waals surface area contributed by atoms with Crippen molar-refractivity contribution in [3.05, 3.63) is 0 Å². The predicted octanol–water partition coefficient (Wildman–Crippen LogP) is 0.503. The van der Waals surface area contributed by atoms with Crippen molar-refractivity contribution >= 4 is 6.92 Å². The van der Waals surface area contributed by atoms with Crippen LogP contribution >= 0.6 is 0 Å². The molecule has 0 saturated carbocycles. The molecule has 0 aliphatic carbocycles. The number of hydrogen-bond donors (Lipinski definition) is 0. The number of rotatable bonds is 3. The van der Waals surface area contributed by atoms with Crippen molar-refractivity contribution < 1.29 is 79.7 Å². The fraction of sp³-hybridized carbons (Fsp3) is 1.00. The largest absolute Gasteiger partial charge is 1.00 e. The van der Waals surface area contributed by atoms with E-state index in [2.05, 4.69) is 0 Å². The van der Waals surface area contributed by atoms with Crippen molar-refractivity contribution in [3.63, 3.8) is 0 Å². The number of hydrogen-bond acceptors (Lipinski definition) is 6. The minimum atomic E-state index is -0.642. The molecule has 6 nitrogen and oxygen atoms in total. The zero-order valence-corrected chi connectivity index (χ0v) is 21.1. The van der Waals surface area contributed by atoms with Crippen LogP contribution in [0, 0.1) is 0 Å². The second kappa shape index (κ2) is 8.43. The first kappa shape index (κ1) is 22.6. The molecule has 5 heterocycles. The van der Waals surface area contributed by atoms with Gasteiger partial charge in [0.25, 0.3) is 0 Å². The van der Waals surface area contributed by atoms with E-state index in [1.54, 1.807) is 0 Å². The third-order valence-electron chi connectivity index (χ3n) is 6.97. The van der Waals surface area contributed by atoms with Crippen LogP contribution in [0.15, 0.2) is 0 Å². The Labute approximate surface area is 211 Å². The molecule has 5 fully saturated rings. The van der Waals surface area contributed by atoms with Crippen LogP contribution in [0.4, 0.5) is 0 Å². The molecule has 0 spiro atoms. The van der Waals surface area contributed by atoms with Crippen LogP contribution in [0.1, 0.15) is 66.2 Å². The fourth-order valence-electron chi connectivity index (χ4n) is 5.85. The Bertz CT molecular complexity index is 553. The Kier molecular flexibility index (Phi) is 6.82. The summed E-state index contributed by atoms with van der Waals surface area (Å²) in [5, 5.41) is 0. The summed E-state index contributed by atoms with van der Waals surface area (Å²) in [6.45, 7) is 8.59. The van der Waals surface area contributed by atoms with Crippen LogP contribution in [0.5, 0.6) is 0 Å². The van der Waals surface area contributed by atoms with E-state index >= 15 is 0 Å². The molecule has 5 saturated heterocycles. The molecule has 0 aromatic rings. The van der Waals surface area contributed by atoms with Crippen molar-refractivity contribution in [1.29, 1.82) is 0 Å². The molecule has 2 bridgehead atoms.